The molecule has 18 heavy (non-hydrogen) atoms. The summed E-state index contributed by atoms with van der Waals surface area (Å²) in [6.45, 7) is 1.62. The van der Waals surface area contributed by atoms with Gasteiger partial charge in [-0.05, 0) is 31.6 Å². The second-order valence-corrected chi connectivity index (χ2v) is 8.03. The zero-order valence-corrected chi connectivity index (χ0v) is 11.9. The molecule has 6 nitrogen and oxygen atoms in total. The van der Waals surface area contributed by atoms with Gasteiger partial charge in [0.2, 0.25) is 0 Å². The second-order valence-electron chi connectivity index (χ2n) is 4.46. The quantitative estimate of drug-likeness (QED) is 0.385. The van der Waals surface area contributed by atoms with Crippen LogP contribution in [0.15, 0.2) is 21.5 Å². The van der Waals surface area contributed by atoms with Gasteiger partial charge in [0.1, 0.15) is 11.5 Å². The minimum atomic E-state index is -1.26. The Hall–Kier alpha value is -1.50. The Morgan fingerprint density at radius 2 is 2.22 bits per heavy atom. The predicted octanol–water partition coefficient (Wildman–Crippen LogP) is 1.96. The third kappa shape index (κ3) is 4.79. The molecule has 102 valence electrons. The van der Waals surface area contributed by atoms with Crippen molar-refractivity contribution in [1.29, 1.82) is 0 Å². The van der Waals surface area contributed by atoms with Crippen LogP contribution in [0, 0.1) is 17.0 Å². The third-order valence-corrected chi connectivity index (χ3v) is 4.04. The number of hydrogen-bond donors (Lipinski definition) is 1. The Bertz CT molecular complexity index is 454. The van der Waals surface area contributed by atoms with Gasteiger partial charge in [0.15, 0.2) is 5.84 Å². The van der Waals surface area contributed by atoms with Gasteiger partial charge in [0.05, 0.1) is 5.75 Å². The van der Waals surface area contributed by atoms with Crippen LogP contribution in [-0.4, -0.2) is 36.9 Å². The highest BCUT2D eigenvalue weighted by atomic mass is 32.3. The molecule has 0 spiro atoms. The average Bonchev–Trinajstić information content (AvgIpc) is 2.60. The summed E-state index contributed by atoms with van der Waals surface area (Å²) in [6.07, 6.45) is 4.08. The van der Waals surface area contributed by atoms with Gasteiger partial charge in [-0.3, -0.25) is 15.1 Å². The molecular weight excluding hydrogens is 254 g/mol. The molecule has 0 fully saturated rings. The molecule has 0 amide bonds. The number of amidine groups is 1. The van der Waals surface area contributed by atoms with Crippen molar-refractivity contribution in [3.05, 3.63) is 33.8 Å². The van der Waals surface area contributed by atoms with Crippen molar-refractivity contribution in [2.75, 3.05) is 26.1 Å². The van der Waals surface area contributed by atoms with Crippen molar-refractivity contribution in [3.63, 3.8) is 0 Å². The van der Waals surface area contributed by atoms with E-state index in [1.54, 1.807) is 7.05 Å². The standard InChI is InChI=1S/C11H19N3O3S/c1-9-5-6-10(17-9)8-18(3,4)13-11(12-2)7-14(15)16/h5-6H,7-8H2,1-4H3,(H,12,13). The van der Waals surface area contributed by atoms with E-state index in [9.17, 15) is 10.1 Å². The number of hydrogen-bond acceptors (Lipinski definition) is 4. The monoisotopic (exact) mass is 273 g/mol. The summed E-state index contributed by atoms with van der Waals surface area (Å²) >= 11 is 0. The molecular formula is C11H19N3O3S. The van der Waals surface area contributed by atoms with E-state index >= 15 is 0 Å². The molecule has 1 N–H and O–H groups in total. The highest BCUT2D eigenvalue weighted by Gasteiger charge is 2.18. The first kappa shape index (κ1) is 14.6. The molecule has 0 radical (unpaired) electrons. The van der Waals surface area contributed by atoms with E-state index in [0.29, 0.717) is 5.84 Å². The van der Waals surface area contributed by atoms with Crippen molar-refractivity contribution in [2.45, 2.75) is 12.7 Å². The van der Waals surface area contributed by atoms with E-state index in [2.05, 4.69) is 9.71 Å². The molecule has 0 saturated carbocycles. The van der Waals surface area contributed by atoms with E-state index in [1.165, 1.54) is 0 Å². The minimum absolute atomic E-state index is 0.274. The molecule has 7 heteroatoms. The van der Waals surface area contributed by atoms with Gasteiger partial charge in [-0.2, -0.15) is 10.2 Å². The molecule has 0 unspecified atom stereocenters. The van der Waals surface area contributed by atoms with Gasteiger partial charge >= 0.3 is 0 Å². The van der Waals surface area contributed by atoms with Crippen LogP contribution in [0.25, 0.3) is 0 Å². The summed E-state index contributed by atoms with van der Waals surface area (Å²) in [4.78, 5) is 14.0. The smallest absolute Gasteiger partial charge is 0.260 e. The maximum absolute atomic E-state index is 10.5. The second kappa shape index (κ2) is 5.90. The molecule has 0 aliphatic carbocycles. The van der Waals surface area contributed by atoms with Crippen molar-refractivity contribution < 1.29 is 9.34 Å². The maximum atomic E-state index is 10.5. The van der Waals surface area contributed by atoms with Gasteiger partial charge < -0.3 is 9.14 Å². The van der Waals surface area contributed by atoms with Crippen LogP contribution < -0.4 is 4.72 Å². The zero-order valence-electron chi connectivity index (χ0n) is 11.1. The lowest BCUT2D eigenvalue weighted by atomic mass is 10.5. The maximum Gasteiger partial charge on any atom is 0.260 e. The fraction of sp³-hybridized carbons (Fsp3) is 0.545. The first-order valence-electron chi connectivity index (χ1n) is 5.44. The predicted molar refractivity (Wildman–Crippen MR) is 74.9 cm³/mol. The topological polar surface area (TPSA) is 80.7 Å². The van der Waals surface area contributed by atoms with Crippen LogP contribution in [0.4, 0.5) is 0 Å². The van der Waals surface area contributed by atoms with Crippen molar-refractivity contribution in [1.82, 2.24) is 4.72 Å². The Kier molecular flexibility index (Phi) is 4.77. The van der Waals surface area contributed by atoms with E-state index in [4.69, 9.17) is 4.42 Å². The van der Waals surface area contributed by atoms with Crippen molar-refractivity contribution >= 4 is 16.0 Å². The SMILES string of the molecule is CN=C(C[N+](=O)[O-])NS(C)(C)Cc1ccc(C)o1. The summed E-state index contributed by atoms with van der Waals surface area (Å²) in [5, 5.41) is 10.5. The Labute approximate surface area is 108 Å². The Morgan fingerprint density at radius 1 is 1.56 bits per heavy atom. The number of rotatable bonds is 5. The number of nitrogens with zero attached hydrogens (tertiary/aromatic N) is 2. The van der Waals surface area contributed by atoms with E-state index in [-0.39, 0.29) is 11.5 Å². The van der Waals surface area contributed by atoms with Gasteiger partial charge in [-0.25, -0.2) is 0 Å². The number of aryl methyl sites for hydroxylation is 1. The number of furan rings is 1. The van der Waals surface area contributed by atoms with Crippen LogP contribution in [0.5, 0.6) is 0 Å². The average molecular weight is 273 g/mol. The first-order chi connectivity index (χ1) is 8.32. The molecule has 1 aromatic heterocycles. The number of nitrogens with one attached hydrogen (secondary N) is 1. The van der Waals surface area contributed by atoms with Gasteiger partial charge in [0, 0.05) is 12.0 Å². The first-order valence-corrected chi connectivity index (χ1v) is 8.06. The van der Waals surface area contributed by atoms with Gasteiger partial charge in [-0.15, -0.1) is 0 Å². The summed E-state index contributed by atoms with van der Waals surface area (Å²) in [7, 11) is 0.297. The van der Waals surface area contributed by atoms with E-state index in [0.717, 1.165) is 17.3 Å². The molecule has 0 atom stereocenters. The molecule has 1 aromatic rings. The van der Waals surface area contributed by atoms with Crippen LogP contribution in [0.3, 0.4) is 0 Å². The lowest BCUT2D eigenvalue weighted by Crippen LogP contribution is -2.32. The van der Waals surface area contributed by atoms with Crippen LogP contribution in [0.2, 0.25) is 0 Å². The summed E-state index contributed by atoms with van der Waals surface area (Å²) < 4.78 is 8.69. The lowest BCUT2D eigenvalue weighted by molar-refractivity contribution is -0.463. The van der Waals surface area contributed by atoms with Crippen molar-refractivity contribution in [3.8, 4) is 0 Å². The van der Waals surface area contributed by atoms with Gasteiger partial charge in [-0.1, -0.05) is 0 Å². The van der Waals surface area contributed by atoms with Crippen LogP contribution >= 0.6 is 10.2 Å². The summed E-state index contributed by atoms with van der Waals surface area (Å²) in [5.41, 5.74) is 0. The third-order valence-electron chi connectivity index (χ3n) is 2.24. The fourth-order valence-electron chi connectivity index (χ4n) is 1.54. The number of nitro groups is 1. The molecule has 0 aliphatic rings. The molecule has 0 aromatic carbocycles. The molecule has 0 aliphatic heterocycles. The molecule has 0 saturated heterocycles. The van der Waals surface area contributed by atoms with E-state index in [1.807, 2.05) is 31.6 Å². The highest BCUT2D eigenvalue weighted by molar-refractivity contribution is 8.30. The fourth-order valence-corrected chi connectivity index (χ4v) is 3.28. The zero-order chi connectivity index (χ0) is 13.8. The van der Waals surface area contributed by atoms with Crippen LogP contribution in [0.1, 0.15) is 11.5 Å². The van der Waals surface area contributed by atoms with Gasteiger partial charge in [0.25, 0.3) is 6.54 Å². The largest absolute Gasteiger partial charge is 0.466 e. The van der Waals surface area contributed by atoms with E-state index < -0.39 is 10.2 Å². The summed E-state index contributed by atoms with van der Waals surface area (Å²) in [5.74, 6) is 2.88. The number of aliphatic imine (C=N–C) groups is 1. The summed E-state index contributed by atoms with van der Waals surface area (Å²) in [6, 6.07) is 3.85. The Morgan fingerprint density at radius 3 is 2.67 bits per heavy atom. The van der Waals surface area contributed by atoms with Crippen molar-refractivity contribution in [2.24, 2.45) is 4.99 Å². The molecule has 1 rings (SSSR count). The minimum Gasteiger partial charge on any atom is -0.466 e. The lowest BCUT2D eigenvalue weighted by Gasteiger charge is -2.32. The Balaban J connectivity index is 2.65. The molecule has 0 bridgehead atoms. The highest BCUT2D eigenvalue weighted by Crippen LogP contribution is 2.39. The molecule has 1 heterocycles. The van der Waals surface area contributed by atoms with Crippen LogP contribution in [-0.2, 0) is 5.75 Å². The normalized spacial score (nSPS) is 13.4.